The molecule has 6 heteroatoms. The van der Waals surface area contributed by atoms with Gasteiger partial charge in [-0.25, -0.2) is 0 Å². The molecule has 2 heterocycles. The van der Waals surface area contributed by atoms with Gasteiger partial charge in [-0.2, -0.15) is 0 Å². The summed E-state index contributed by atoms with van der Waals surface area (Å²) < 4.78 is 11.0. The lowest BCUT2D eigenvalue weighted by Gasteiger charge is -2.21. The van der Waals surface area contributed by atoms with E-state index >= 15 is 0 Å². The van der Waals surface area contributed by atoms with Gasteiger partial charge in [0.2, 0.25) is 5.91 Å². The summed E-state index contributed by atoms with van der Waals surface area (Å²) in [5.41, 5.74) is 7.25. The minimum absolute atomic E-state index is 0.444. The molecule has 0 saturated carbocycles. The van der Waals surface area contributed by atoms with Gasteiger partial charge in [0.1, 0.15) is 19.3 Å². The Morgan fingerprint density at radius 1 is 1.27 bits per heavy atom. The maximum atomic E-state index is 11.8. The molecule has 0 saturated heterocycles. The van der Waals surface area contributed by atoms with Gasteiger partial charge in [-0.3, -0.25) is 15.1 Å². The van der Waals surface area contributed by atoms with Crippen molar-refractivity contribution in [2.45, 2.75) is 12.6 Å². The Balaban J connectivity index is 1.77. The fourth-order valence-electron chi connectivity index (χ4n) is 2.34. The van der Waals surface area contributed by atoms with E-state index in [0.29, 0.717) is 31.3 Å². The van der Waals surface area contributed by atoms with E-state index in [4.69, 9.17) is 15.2 Å². The number of nitrogens with zero attached hydrogens (tertiary/aromatic N) is 1. The number of pyridine rings is 1. The third-order valence-electron chi connectivity index (χ3n) is 3.42. The third-order valence-corrected chi connectivity index (χ3v) is 3.42. The monoisotopic (exact) mass is 299 g/mol. The Labute approximate surface area is 128 Å². The van der Waals surface area contributed by atoms with Crippen molar-refractivity contribution >= 4 is 5.91 Å². The lowest BCUT2D eigenvalue weighted by molar-refractivity contribution is -0.120. The number of aromatic nitrogens is 1. The van der Waals surface area contributed by atoms with Crippen LogP contribution in [0.1, 0.15) is 17.2 Å². The summed E-state index contributed by atoms with van der Waals surface area (Å²) in [5, 5.41) is 3.15. The van der Waals surface area contributed by atoms with Crippen molar-refractivity contribution < 1.29 is 14.3 Å². The number of fused-ring (bicyclic) bond motifs is 1. The van der Waals surface area contributed by atoms with E-state index in [2.05, 4.69) is 10.3 Å². The highest BCUT2D eigenvalue weighted by Crippen LogP contribution is 2.32. The van der Waals surface area contributed by atoms with Gasteiger partial charge >= 0.3 is 0 Å². The van der Waals surface area contributed by atoms with E-state index < -0.39 is 11.9 Å². The molecule has 0 spiro atoms. The van der Waals surface area contributed by atoms with Crippen LogP contribution in [0.2, 0.25) is 0 Å². The topological polar surface area (TPSA) is 86.5 Å². The summed E-state index contributed by atoms with van der Waals surface area (Å²) in [4.78, 5) is 15.8. The second kappa shape index (κ2) is 6.44. The normalized spacial score (nSPS) is 14.4. The van der Waals surface area contributed by atoms with Crippen LogP contribution in [0.3, 0.4) is 0 Å². The fourth-order valence-corrected chi connectivity index (χ4v) is 2.34. The smallest absolute Gasteiger partial charge is 0.239 e. The number of primary amides is 1. The lowest BCUT2D eigenvalue weighted by Crippen LogP contribution is -2.33. The third kappa shape index (κ3) is 3.17. The standard InChI is InChI=1S/C16H17N3O3/c17-16(20)15(19-10-11-2-1-5-18-9-11)12-3-4-13-14(8-12)22-7-6-21-13/h1-5,8-9,15,19H,6-7,10H2,(H2,17,20). The van der Waals surface area contributed by atoms with E-state index in [-0.39, 0.29) is 0 Å². The molecule has 1 aromatic carbocycles. The summed E-state index contributed by atoms with van der Waals surface area (Å²) in [5.74, 6) is 0.879. The zero-order valence-corrected chi connectivity index (χ0v) is 12.0. The predicted molar refractivity (Wildman–Crippen MR) is 80.4 cm³/mol. The molecule has 1 aromatic heterocycles. The Hall–Kier alpha value is -2.60. The Kier molecular flexibility index (Phi) is 4.20. The summed E-state index contributed by atoms with van der Waals surface area (Å²) in [6.45, 7) is 1.53. The molecule has 0 radical (unpaired) electrons. The SMILES string of the molecule is NC(=O)C(NCc1cccnc1)c1ccc2c(c1)OCCO2. The summed E-state index contributed by atoms with van der Waals surface area (Å²) in [6.07, 6.45) is 3.45. The lowest BCUT2D eigenvalue weighted by atomic mass is 10.0. The van der Waals surface area contributed by atoms with Gasteiger partial charge < -0.3 is 15.2 Å². The molecule has 6 nitrogen and oxygen atoms in total. The van der Waals surface area contributed by atoms with Crippen LogP contribution in [0, 0.1) is 0 Å². The van der Waals surface area contributed by atoms with Gasteiger partial charge in [0.15, 0.2) is 11.5 Å². The largest absolute Gasteiger partial charge is 0.486 e. The van der Waals surface area contributed by atoms with Crippen molar-refractivity contribution in [1.82, 2.24) is 10.3 Å². The zero-order valence-electron chi connectivity index (χ0n) is 12.0. The Morgan fingerprint density at radius 2 is 2.09 bits per heavy atom. The average Bonchev–Trinajstić information content (AvgIpc) is 2.55. The number of ether oxygens (including phenoxy) is 2. The summed E-state index contributed by atoms with van der Waals surface area (Å²) in [7, 11) is 0. The first kappa shape index (κ1) is 14.3. The molecule has 1 unspecified atom stereocenters. The van der Waals surface area contributed by atoms with Crippen molar-refractivity contribution in [1.29, 1.82) is 0 Å². The van der Waals surface area contributed by atoms with Crippen LogP contribution in [0.15, 0.2) is 42.7 Å². The highest BCUT2D eigenvalue weighted by molar-refractivity contribution is 5.81. The number of hydrogen-bond acceptors (Lipinski definition) is 5. The van der Waals surface area contributed by atoms with Crippen molar-refractivity contribution in [2.75, 3.05) is 13.2 Å². The van der Waals surface area contributed by atoms with Gasteiger partial charge in [0.05, 0.1) is 0 Å². The van der Waals surface area contributed by atoms with Gasteiger partial charge in [-0.05, 0) is 29.3 Å². The molecule has 3 rings (SSSR count). The molecule has 1 amide bonds. The number of rotatable bonds is 5. The first-order valence-electron chi connectivity index (χ1n) is 7.05. The molecule has 1 aliphatic rings. The van der Waals surface area contributed by atoms with Gasteiger partial charge in [-0.1, -0.05) is 12.1 Å². The van der Waals surface area contributed by atoms with Crippen molar-refractivity contribution in [3.05, 3.63) is 53.9 Å². The van der Waals surface area contributed by atoms with Crippen LogP contribution >= 0.6 is 0 Å². The van der Waals surface area contributed by atoms with Gasteiger partial charge in [0, 0.05) is 18.9 Å². The zero-order chi connectivity index (χ0) is 15.4. The van der Waals surface area contributed by atoms with E-state index in [0.717, 1.165) is 11.1 Å². The second-order valence-corrected chi connectivity index (χ2v) is 4.98. The van der Waals surface area contributed by atoms with E-state index in [1.54, 1.807) is 24.5 Å². The molecule has 0 aliphatic carbocycles. The minimum atomic E-state index is -0.601. The molecule has 0 bridgehead atoms. The molecule has 1 atom stereocenters. The number of nitrogens with two attached hydrogens (primary N) is 1. The summed E-state index contributed by atoms with van der Waals surface area (Å²) in [6, 6.07) is 8.59. The Bertz CT molecular complexity index is 661. The van der Waals surface area contributed by atoms with E-state index in [9.17, 15) is 4.79 Å². The maximum absolute atomic E-state index is 11.8. The average molecular weight is 299 g/mol. The maximum Gasteiger partial charge on any atom is 0.239 e. The van der Waals surface area contributed by atoms with Gasteiger partial charge in [0.25, 0.3) is 0 Å². The van der Waals surface area contributed by atoms with Crippen LogP contribution < -0.4 is 20.5 Å². The number of benzene rings is 1. The van der Waals surface area contributed by atoms with Crippen LogP contribution in [0.25, 0.3) is 0 Å². The molecule has 22 heavy (non-hydrogen) atoms. The molecule has 3 N–H and O–H groups in total. The Morgan fingerprint density at radius 3 is 2.82 bits per heavy atom. The number of hydrogen-bond donors (Lipinski definition) is 2. The minimum Gasteiger partial charge on any atom is -0.486 e. The van der Waals surface area contributed by atoms with E-state index in [1.807, 2.05) is 18.2 Å². The van der Waals surface area contributed by atoms with Crippen LogP contribution in [0.5, 0.6) is 11.5 Å². The van der Waals surface area contributed by atoms with Gasteiger partial charge in [-0.15, -0.1) is 0 Å². The van der Waals surface area contributed by atoms with Crippen LogP contribution in [-0.2, 0) is 11.3 Å². The van der Waals surface area contributed by atoms with E-state index in [1.165, 1.54) is 0 Å². The summed E-state index contributed by atoms with van der Waals surface area (Å²) >= 11 is 0. The molecular weight excluding hydrogens is 282 g/mol. The first-order chi connectivity index (χ1) is 10.7. The molecule has 0 fully saturated rings. The number of carbonyl (C=O) groups is 1. The second-order valence-electron chi connectivity index (χ2n) is 4.98. The highest BCUT2D eigenvalue weighted by atomic mass is 16.6. The number of nitrogens with one attached hydrogen (secondary N) is 1. The van der Waals surface area contributed by atoms with Crippen LogP contribution in [-0.4, -0.2) is 24.1 Å². The van der Waals surface area contributed by atoms with Crippen LogP contribution in [0.4, 0.5) is 0 Å². The molecule has 1 aliphatic heterocycles. The van der Waals surface area contributed by atoms with Crippen molar-refractivity contribution in [2.24, 2.45) is 5.73 Å². The molecule has 114 valence electrons. The van der Waals surface area contributed by atoms with Crippen molar-refractivity contribution in [3.63, 3.8) is 0 Å². The molecule has 2 aromatic rings. The highest BCUT2D eigenvalue weighted by Gasteiger charge is 2.20. The molecular formula is C16H17N3O3. The fraction of sp³-hybridized carbons (Fsp3) is 0.250. The first-order valence-corrected chi connectivity index (χ1v) is 7.05. The number of carbonyl (C=O) groups excluding carboxylic acids is 1. The quantitative estimate of drug-likeness (QED) is 0.865. The predicted octanol–water partition coefficient (Wildman–Crippen LogP) is 1.17. The number of amides is 1. The van der Waals surface area contributed by atoms with Crippen molar-refractivity contribution in [3.8, 4) is 11.5 Å².